The van der Waals surface area contributed by atoms with Crippen molar-refractivity contribution in [2.75, 3.05) is 0 Å². The van der Waals surface area contributed by atoms with E-state index in [1.54, 1.807) is 6.33 Å². The van der Waals surface area contributed by atoms with Crippen LogP contribution in [-0.2, 0) is 0 Å². The van der Waals surface area contributed by atoms with Crippen molar-refractivity contribution in [1.29, 1.82) is 0 Å². The molecule has 3 rings (SSSR count). The summed E-state index contributed by atoms with van der Waals surface area (Å²) in [5, 5.41) is 0. The number of nitrogens with one attached hydrogen (secondary N) is 1. The quantitative estimate of drug-likeness (QED) is 0.737. The largest absolute Gasteiger partial charge is 0.348 e. The topological polar surface area (TPSA) is 28.7 Å². The van der Waals surface area contributed by atoms with E-state index in [9.17, 15) is 0 Å². The van der Waals surface area contributed by atoms with Crippen LogP contribution in [0.2, 0.25) is 0 Å². The number of H-pyrrole nitrogens is 1. The molecule has 0 spiro atoms. The first-order chi connectivity index (χ1) is 8.95. The highest BCUT2D eigenvalue weighted by atomic mass is 14.9. The summed E-state index contributed by atoms with van der Waals surface area (Å²) in [4.78, 5) is 7.36. The fourth-order valence-electron chi connectivity index (χ4n) is 2.27. The van der Waals surface area contributed by atoms with Gasteiger partial charge in [-0.3, -0.25) is 0 Å². The van der Waals surface area contributed by atoms with Crippen LogP contribution in [0.1, 0.15) is 22.7 Å². The van der Waals surface area contributed by atoms with E-state index in [2.05, 4.69) is 58.5 Å². The van der Waals surface area contributed by atoms with E-state index in [0.717, 1.165) is 5.69 Å². The van der Waals surface area contributed by atoms with Crippen LogP contribution in [0.3, 0.4) is 0 Å². The molecule has 2 aromatic carbocycles. The van der Waals surface area contributed by atoms with E-state index in [4.69, 9.17) is 0 Å². The maximum absolute atomic E-state index is 4.14. The number of hydrogen-bond donors (Lipinski definition) is 1. The second-order valence-corrected chi connectivity index (χ2v) is 4.26. The molecule has 0 radical (unpaired) electrons. The minimum absolute atomic E-state index is 0.217. The van der Waals surface area contributed by atoms with Crippen LogP contribution in [0.5, 0.6) is 0 Å². The molecule has 1 heterocycles. The Bertz CT molecular complexity index is 546. The van der Waals surface area contributed by atoms with Crippen LogP contribution in [0.15, 0.2) is 73.2 Å². The number of aromatic amines is 1. The SMILES string of the molecule is c1ccc(C(c2ccccc2)c2cnc[nH]2)cc1. The van der Waals surface area contributed by atoms with Gasteiger partial charge in [-0.1, -0.05) is 60.7 Å². The molecule has 3 aromatic rings. The lowest BCUT2D eigenvalue weighted by Gasteiger charge is -2.16. The van der Waals surface area contributed by atoms with Gasteiger partial charge in [0.1, 0.15) is 0 Å². The van der Waals surface area contributed by atoms with Crippen molar-refractivity contribution in [3.05, 3.63) is 90.0 Å². The summed E-state index contributed by atoms with van der Waals surface area (Å²) >= 11 is 0. The third-order valence-electron chi connectivity index (χ3n) is 3.10. The molecule has 0 atom stereocenters. The Kier molecular flexibility index (Phi) is 2.92. The zero-order chi connectivity index (χ0) is 12.2. The van der Waals surface area contributed by atoms with Crippen molar-refractivity contribution in [3.63, 3.8) is 0 Å². The monoisotopic (exact) mass is 234 g/mol. The maximum atomic E-state index is 4.14. The van der Waals surface area contributed by atoms with E-state index in [-0.39, 0.29) is 5.92 Å². The molecule has 0 aliphatic carbocycles. The number of benzene rings is 2. The van der Waals surface area contributed by atoms with Crippen LogP contribution in [-0.4, -0.2) is 9.97 Å². The standard InChI is InChI=1S/C16H14N2/c1-3-7-13(8-4-1)16(15-11-17-12-18-15)14-9-5-2-6-10-14/h1-12,16H,(H,17,18). The summed E-state index contributed by atoms with van der Waals surface area (Å²) in [6.07, 6.45) is 3.62. The first-order valence-electron chi connectivity index (χ1n) is 6.03. The summed E-state index contributed by atoms with van der Waals surface area (Å²) in [7, 11) is 0. The summed E-state index contributed by atoms with van der Waals surface area (Å²) < 4.78 is 0. The molecule has 0 unspecified atom stereocenters. The Balaban J connectivity index is 2.11. The van der Waals surface area contributed by atoms with Gasteiger partial charge in [-0.15, -0.1) is 0 Å². The number of hydrogen-bond acceptors (Lipinski definition) is 1. The molecule has 18 heavy (non-hydrogen) atoms. The molecule has 2 nitrogen and oxygen atoms in total. The minimum atomic E-state index is 0.217. The molecule has 0 saturated carbocycles. The molecular weight excluding hydrogens is 220 g/mol. The first-order valence-corrected chi connectivity index (χ1v) is 6.03. The van der Waals surface area contributed by atoms with E-state index in [1.165, 1.54) is 11.1 Å². The summed E-state index contributed by atoms with van der Waals surface area (Å²) in [5.41, 5.74) is 3.66. The molecule has 0 bridgehead atoms. The Labute approximate surface area is 106 Å². The molecule has 0 aliphatic heterocycles. The fraction of sp³-hybridized carbons (Fsp3) is 0.0625. The second-order valence-electron chi connectivity index (χ2n) is 4.26. The zero-order valence-corrected chi connectivity index (χ0v) is 9.95. The maximum Gasteiger partial charge on any atom is 0.0922 e. The second kappa shape index (κ2) is 4.88. The molecular formula is C16H14N2. The van der Waals surface area contributed by atoms with E-state index >= 15 is 0 Å². The third-order valence-corrected chi connectivity index (χ3v) is 3.10. The highest BCUT2D eigenvalue weighted by Gasteiger charge is 2.16. The van der Waals surface area contributed by atoms with Gasteiger partial charge in [0.25, 0.3) is 0 Å². The van der Waals surface area contributed by atoms with Gasteiger partial charge >= 0.3 is 0 Å². The molecule has 2 heteroatoms. The molecule has 88 valence electrons. The predicted octanol–water partition coefficient (Wildman–Crippen LogP) is 3.59. The van der Waals surface area contributed by atoms with Crippen LogP contribution < -0.4 is 0 Å². The highest BCUT2D eigenvalue weighted by Crippen LogP contribution is 2.29. The molecule has 0 amide bonds. The lowest BCUT2D eigenvalue weighted by Crippen LogP contribution is -2.03. The van der Waals surface area contributed by atoms with Gasteiger partial charge in [0.2, 0.25) is 0 Å². The van der Waals surface area contributed by atoms with Crippen molar-refractivity contribution in [2.24, 2.45) is 0 Å². The Morgan fingerprint density at radius 2 is 1.33 bits per heavy atom. The van der Waals surface area contributed by atoms with Gasteiger partial charge in [0.05, 0.1) is 12.2 Å². The van der Waals surface area contributed by atoms with Gasteiger partial charge in [-0.2, -0.15) is 0 Å². The van der Waals surface area contributed by atoms with Crippen LogP contribution in [0.4, 0.5) is 0 Å². The van der Waals surface area contributed by atoms with Gasteiger partial charge in [0.15, 0.2) is 0 Å². The summed E-state index contributed by atoms with van der Waals surface area (Å²) in [6.45, 7) is 0. The number of imidazole rings is 1. The summed E-state index contributed by atoms with van der Waals surface area (Å²) in [5.74, 6) is 0.217. The van der Waals surface area contributed by atoms with E-state index < -0.39 is 0 Å². The smallest absolute Gasteiger partial charge is 0.0922 e. The normalized spacial score (nSPS) is 10.7. The summed E-state index contributed by atoms with van der Waals surface area (Å²) in [6, 6.07) is 21.0. The third kappa shape index (κ3) is 2.05. The average molecular weight is 234 g/mol. The molecule has 1 aromatic heterocycles. The van der Waals surface area contributed by atoms with Crippen molar-refractivity contribution in [3.8, 4) is 0 Å². The Morgan fingerprint density at radius 3 is 1.78 bits per heavy atom. The average Bonchev–Trinajstić information content (AvgIpc) is 2.95. The minimum Gasteiger partial charge on any atom is -0.348 e. The lowest BCUT2D eigenvalue weighted by molar-refractivity contribution is 0.933. The van der Waals surface area contributed by atoms with Crippen LogP contribution in [0, 0.1) is 0 Å². The lowest BCUT2D eigenvalue weighted by atomic mass is 9.89. The van der Waals surface area contributed by atoms with Gasteiger partial charge in [0, 0.05) is 11.9 Å². The van der Waals surface area contributed by atoms with Crippen molar-refractivity contribution >= 4 is 0 Å². The van der Waals surface area contributed by atoms with Crippen molar-refractivity contribution < 1.29 is 0 Å². The van der Waals surface area contributed by atoms with E-state index in [0.29, 0.717) is 0 Å². The predicted molar refractivity (Wildman–Crippen MR) is 72.4 cm³/mol. The Hall–Kier alpha value is -2.35. The molecule has 1 N–H and O–H groups in total. The molecule has 0 fully saturated rings. The molecule has 0 saturated heterocycles. The van der Waals surface area contributed by atoms with Gasteiger partial charge in [-0.25, -0.2) is 4.98 Å². The van der Waals surface area contributed by atoms with Crippen LogP contribution in [0.25, 0.3) is 0 Å². The zero-order valence-electron chi connectivity index (χ0n) is 9.95. The van der Waals surface area contributed by atoms with Crippen LogP contribution >= 0.6 is 0 Å². The number of nitrogens with zero attached hydrogens (tertiary/aromatic N) is 1. The Morgan fingerprint density at radius 1 is 0.778 bits per heavy atom. The van der Waals surface area contributed by atoms with Crippen molar-refractivity contribution in [1.82, 2.24) is 9.97 Å². The van der Waals surface area contributed by atoms with Gasteiger partial charge in [-0.05, 0) is 11.1 Å². The first kappa shape index (κ1) is 10.8. The van der Waals surface area contributed by atoms with E-state index in [1.807, 2.05) is 18.3 Å². The fourth-order valence-corrected chi connectivity index (χ4v) is 2.27. The highest BCUT2D eigenvalue weighted by molar-refractivity contribution is 5.39. The molecule has 0 aliphatic rings. The van der Waals surface area contributed by atoms with Gasteiger partial charge < -0.3 is 4.98 Å². The van der Waals surface area contributed by atoms with Crippen molar-refractivity contribution in [2.45, 2.75) is 5.92 Å². The number of aromatic nitrogens is 2. The number of rotatable bonds is 3.